The van der Waals surface area contributed by atoms with Gasteiger partial charge < -0.3 is 10.1 Å². The number of hydrogen-bond donors (Lipinski definition) is 1. The zero-order chi connectivity index (χ0) is 13.7. The van der Waals surface area contributed by atoms with E-state index in [4.69, 9.17) is 4.74 Å². The third kappa shape index (κ3) is 4.02. The van der Waals surface area contributed by atoms with Crippen LogP contribution in [0.4, 0.5) is 4.39 Å². The molecule has 0 spiro atoms. The van der Waals surface area contributed by atoms with Crippen LogP contribution < -0.4 is 5.32 Å². The second-order valence-electron chi connectivity index (χ2n) is 5.42. The molecule has 3 heteroatoms. The van der Waals surface area contributed by atoms with E-state index in [1.165, 1.54) is 5.56 Å². The van der Waals surface area contributed by atoms with E-state index in [-0.39, 0.29) is 5.82 Å². The van der Waals surface area contributed by atoms with E-state index in [1.54, 1.807) is 12.1 Å². The minimum Gasteiger partial charge on any atom is -0.381 e. The van der Waals surface area contributed by atoms with E-state index < -0.39 is 0 Å². The molecule has 2 unspecified atom stereocenters. The van der Waals surface area contributed by atoms with Crippen LogP contribution in [0.5, 0.6) is 0 Å². The summed E-state index contributed by atoms with van der Waals surface area (Å²) in [6.07, 6.45) is 3.28. The zero-order valence-corrected chi connectivity index (χ0v) is 11.9. The fraction of sp³-hybridized carbons (Fsp3) is 0.625. The summed E-state index contributed by atoms with van der Waals surface area (Å²) in [6, 6.07) is 7.62. The van der Waals surface area contributed by atoms with Crippen LogP contribution in [0.3, 0.4) is 0 Å². The summed E-state index contributed by atoms with van der Waals surface area (Å²) in [7, 11) is 0. The number of nitrogens with one attached hydrogen (secondary N) is 1. The Hall–Kier alpha value is -0.930. The van der Waals surface area contributed by atoms with Crippen molar-refractivity contribution >= 4 is 0 Å². The van der Waals surface area contributed by atoms with Gasteiger partial charge in [-0.1, -0.05) is 19.1 Å². The van der Waals surface area contributed by atoms with E-state index in [1.807, 2.05) is 12.1 Å². The summed E-state index contributed by atoms with van der Waals surface area (Å²) in [5.41, 5.74) is 1.17. The van der Waals surface area contributed by atoms with Crippen molar-refractivity contribution in [1.29, 1.82) is 0 Å². The monoisotopic (exact) mass is 265 g/mol. The molecule has 0 aliphatic carbocycles. The zero-order valence-electron chi connectivity index (χ0n) is 11.9. The van der Waals surface area contributed by atoms with Crippen molar-refractivity contribution in [3.63, 3.8) is 0 Å². The van der Waals surface area contributed by atoms with Crippen molar-refractivity contribution in [2.24, 2.45) is 5.92 Å². The Kier molecular flexibility index (Phi) is 5.34. The summed E-state index contributed by atoms with van der Waals surface area (Å²) < 4.78 is 18.4. The van der Waals surface area contributed by atoms with Gasteiger partial charge in [-0.05, 0) is 49.8 Å². The van der Waals surface area contributed by atoms with Gasteiger partial charge in [-0.25, -0.2) is 4.39 Å². The Labute approximate surface area is 115 Å². The smallest absolute Gasteiger partial charge is 0.123 e. The van der Waals surface area contributed by atoms with E-state index in [2.05, 4.69) is 19.2 Å². The third-order valence-electron chi connectivity index (χ3n) is 4.12. The van der Waals surface area contributed by atoms with Gasteiger partial charge in [0.15, 0.2) is 0 Å². The van der Waals surface area contributed by atoms with Crippen LogP contribution in [0.15, 0.2) is 24.3 Å². The molecule has 1 heterocycles. The fourth-order valence-corrected chi connectivity index (χ4v) is 2.81. The summed E-state index contributed by atoms with van der Waals surface area (Å²) in [6.45, 7) is 6.17. The van der Waals surface area contributed by atoms with Crippen molar-refractivity contribution < 1.29 is 9.13 Å². The topological polar surface area (TPSA) is 21.3 Å². The first-order valence-corrected chi connectivity index (χ1v) is 7.30. The molecule has 2 atom stereocenters. The van der Waals surface area contributed by atoms with Crippen LogP contribution >= 0.6 is 0 Å². The molecule has 0 radical (unpaired) electrons. The van der Waals surface area contributed by atoms with Gasteiger partial charge in [-0.2, -0.15) is 0 Å². The molecule has 0 amide bonds. The molecule has 1 aromatic carbocycles. The molecular formula is C16H24FNO. The molecular weight excluding hydrogens is 241 g/mol. The van der Waals surface area contributed by atoms with Crippen LogP contribution in [-0.2, 0) is 4.74 Å². The Balaban J connectivity index is 1.96. The van der Waals surface area contributed by atoms with Crippen molar-refractivity contribution in [1.82, 2.24) is 5.32 Å². The summed E-state index contributed by atoms with van der Waals surface area (Å²) >= 11 is 0. The molecule has 1 aromatic rings. The third-order valence-corrected chi connectivity index (χ3v) is 4.12. The second-order valence-corrected chi connectivity index (χ2v) is 5.42. The molecule has 19 heavy (non-hydrogen) atoms. The van der Waals surface area contributed by atoms with Gasteiger partial charge in [0, 0.05) is 25.3 Å². The SMILES string of the molecule is CCC(NC(C)C1CCOCC1)c1ccc(F)cc1. The molecule has 0 bridgehead atoms. The number of benzene rings is 1. The number of halogens is 1. The summed E-state index contributed by atoms with van der Waals surface area (Å²) in [4.78, 5) is 0. The minimum absolute atomic E-state index is 0.170. The maximum atomic E-state index is 13.0. The van der Waals surface area contributed by atoms with Gasteiger partial charge in [0.05, 0.1) is 0 Å². The first kappa shape index (κ1) is 14.5. The molecule has 1 fully saturated rings. The Morgan fingerprint density at radius 2 is 1.89 bits per heavy atom. The lowest BCUT2D eigenvalue weighted by Gasteiger charge is -2.31. The lowest BCUT2D eigenvalue weighted by atomic mass is 9.91. The van der Waals surface area contributed by atoms with Crippen LogP contribution in [0.1, 0.15) is 44.7 Å². The van der Waals surface area contributed by atoms with E-state index in [0.29, 0.717) is 18.0 Å². The van der Waals surface area contributed by atoms with Gasteiger partial charge in [-0.15, -0.1) is 0 Å². The predicted molar refractivity (Wildman–Crippen MR) is 75.6 cm³/mol. The lowest BCUT2D eigenvalue weighted by Crippen LogP contribution is -2.38. The van der Waals surface area contributed by atoms with E-state index >= 15 is 0 Å². The number of ether oxygens (including phenoxy) is 1. The van der Waals surface area contributed by atoms with Crippen LogP contribution in [0.25, 0.3) is 0 Å². The molecule has 1 aliphatic rings. The van der Waals surface area contributed by atoms with Gasteiger partial charge >= 0.3 is 0 Å². The van der Waals surface area contributed by atoms with Crippen molar-refractivity contribution in [2.75, 3.05) is 13.2 Å². The lowest BCUT2D eigenvalue weighted by molar-refractivity contribution is 0.0543. The largest absolute Gasteiger partial charge is 0.381 e. The molecule has 1 N–H and O–H groups in total. The summed E-state index contributed by atoms with van der Waals surface area (Å²) in [5.74, 6) is 0.513. The highest BCUT2D eigenvalue weighted by Gasteiger charge is 2.22. The van der Waals surface area contributed by atoms with Crippen molar-refractivity contribution in [2.45, 2.75) is 45.2 Å². The standard InChI is InChI=1S/C16H24FNO/c1-3-16(14-4-6-15(17)7-5-14)18-12(2)13-8-10-19-11-9-13/h4-7,12-13,16,18H,3,8-11H2,1-2H3. The van der Waals surface area contributed by atoms with E-state index in [9.17, 15) is 4.39 Å². The average Bonchev–Trinajstić information content (AvgIpc) is 2.46. The van der Waals surface area contributed by atoms with Gasteiger partial charge in [0.25, 0.3) is 0 Å². The van der Waals surface area contributed by atoms with Gasteiger partial charge in [0.1, 0.15) is 5.82 Å². The summed E-state index contributed by atoms with van der Waals surface area (Å²) in [5, 5.41) is 3.69. The van der Waals surface area contributed by atoms with Gasteiger partial charge in [0.2, 0.25) is 0 Å². The molecule has 2 rings (SSSR count). The average molecular weight is 265 g/mol. The molecule has 1 saturated heterocycles. The highest BCUT2D eigenvalue weighted by atomic mass is 19.1. The van der Waals surface area contributed by atoms with Crippen molar-refractivity contribution in [3.05, 3.63) is 35.6 Å². The predicted octanol–water partition coefficient (Wildman–Crippen LogP) is 3.68. The molecule has 2 nitrogen and oxygen atoms in total. The Morgan fingerprint density at radius 3 is 2.47 bits per heavy atom. The van der Waals surface area contributed by atoms with Crippen LogP contribution in [0, 0.1) is 11.7 Å². The Morgan fingerprint density at radius 1 is 1.26 bits per heavy atom. The fourth-order valence-electron chi connectivity index (χ4n) is 2.81. The second kappa shape index (κ2) is 7.01. The maximum absolute atomic E-state index is 13.0. The van der Waals surface area contributed by atoms with Crippen LogP contribution in [0.2, 0.25) is 0 Å². The Bertz CT molecular complexity index is 373. The van der Waals surface area contributed by atoms with E-state index in [0.717, 1.165) is 32.5 Å². The first-order chi connectivity index (χ1) is 9.20. The first-order valence-electron chi connectivity index (χ1n) is 7.30. The van der Waals surface area contributed by atoms with Crippen LogP contribution in [-0.4, -0.2) is 19.3 Å². The van der Waals surface area contributed by atoms with Gasteiger partial charge in [-0.3, -0.25) is 0 Å². The maximum Gasteiger partial charge on any atom is 0.123 e. The minimum atomic E-state index is -0.170. The highest BCUT2D eigenvalue weighted by Crippen LogP contribution is 2.23. The molecule has 0 saturated carbocycles. The quantitative estimate of drug-likeness (QED) is 0.877. The van der Waals surface area contributed by atoms with Crippen molar-refractivity contribution in [3.8, 4) is 0 Å². The number of hydrogen-bond acceptors (Lipinski definition) is 2. The molecule has 1 aliphatic heterocycles. The number of rotatable bonds is 5. The normalized spacial score (nSPS) is 20.2. The highest BCUT2D eigenvalue weighted by molar-refractivity contribution is 5.20. The molecule has 106 valence electrons. The molecule has 0 aromatic heterocycles.